The number of hydrazine groups is 1. The number of allylic oxidation sites excluding steroid dienone is 11. The van der Waals surface area contributed by atoms with Crippen LogP contribution in [0, 0.1) is 6.92 Å². The van der Waals surface area contributed by atoms with Gasteiger partial charge < -0.3 is 5.73 Å². The van der Waals surface area contributed by atoms with Crippen molar-refractivity contribution >= 4 is 28.1 Å². The fraction of sp³-hybridized carbons (Fsp3) is 0.214. The molecule has 0 bridgehead atoms. The molecule has 1 atom stereocenters. The fourth-order valence-corrected chi connectivity index (χ4v) is 9.59. The molecule has 3 nitrogen and oxygen atoms in total. The molecule has 0 radical (unpaired) electrons. The fourth-order valence-electron chi connectivity index (χ4n) is 9.59. The first-order valence-electron chi connectivity index (χ1n) is 31.6. The van der Waals surface area contributed by atoms with Crippen molar-refractivity contribution in [1.82, 2.24) is 5.43 Å². The highest BCUT2D eigenvalue weighted by atomic mass is 15.2. The zero-order valence-electron chi connectivity index (χ0n) is 54.6. The van der Waals surface area contributed by atoms with Crippen LogP contribution in [0.25, 0.3) is 50.4 Å². The average Bonchev–Trinajstić information content (AvgIpc) is 2.20. The summed E-state index contributed by atoms with van der Waals surface area (Å²) in [6.45, 7) is 28.7. The molecule has 0 heterocycles. The molecule has 0 fully saturated rings. The van der Waals surface area contributed by atoms with Crippen molar-refractivity contribution in [2.24, 2.45) is 11.6 Å². The highest BCUT2D eigenvalue weighted by Crippen LogP contribution is 2.40. The van der Waals surface area contributed by atoms with E-state index in [1.54, 1.807) is 0 Å². The molecule has 9 aromatic carbocycles. The van der Waals surface area contributed by atoms with E-state index in [2.05, 4.69) is 239 Å². The van der Waals surface area contributed by atoms with Gasteiger partial charge in [-0.05, 0) is 142 Å². The summed E-state index contributed by atoms with van der Waals surface area (Å²) in [4.78, 5) is 0. The highest BCUT2D eigenvalue weighted by molar-refractivity contribution is 6.00. The minimum Gasteiger partial charge on any atom is -0.398 e. The summed E-state index contributed by atoms with van der Waals surface area (Å²) in [5.74, 6) is 5.17. The molecule has 3 heteroatoms. The third-order valence-corrected chi connectivity index (χ3v) is 13.8. The maximum Gasteiger partial charge on any atom is 0.0356 e. The molecular formula is C84H101N3. The molecular weight excluding hydrogens is 1050 g/mol. The van der Waals surface area contributed by atoms with E-state index in [0.29, 0.717) is 0 Å². The number of benzene rings is 9. The van der Waals surface area contributed by atoms with Gasteiger partial charge in [0.2, 0.25) is 0 Å². The van der Waals surface area contributed by atoms with Crippen molar-refractivity contribution in [2.45, 2.75) is 121 Å². The number of fused-ring (bicyclic) bond motifs is 2. The highest BCUT2D eigenvalue weighted by Gasteiger charge is 2.19. The first-order valence-corrected chi connectivity index (χ1v) is 31.6. The number of aryl methyl sites for hydroxylation is 1. The molecule has 1 unspecified atom stereocenters. The Morgan fingerprint density at radius 1 is 0.563 bits per heavy atom. The topological polar surface area (TPSA) is 64.1 Å². The predicted molar refractivity (Wildman–Crippen MR) is 389 cm³/mol. The molecule has 0 saturated heterocycles. The van der Waals surface area contributed by atoms with Crippen molar-refractivity contribution in [2.75, 3.05) is 0 Å². The minimum absolute atomic E-state index is 0.0627. The monoisotopic (exact) mass is 1150 g/mol. The Hall–Kier alpha value is -8.86. The van der Waals surface area contributed by atoms with Gasteiger partial charge in [0.25, 0.3) is 0 Å². The Bertz CT molecular complexity index is 3470. The van der Waals surface area contributed by atoms with Crippen LogP contribution in [-0.4, -0.2) is 0 Å². The Morgan fingerprint density at radius 3 is 1.71 bits per heavy atom. The molecule has 452 valence electrons. The van der Waals surface area contributed by atoms with Gasteiger partial charge in [0.15, 0.2) is 0 Å². The lowest BCUT2D eigenvalue weighted by Crippen LogP contribution is -2.20. The van der Waals surface area contributed by atoms with Gasteiger partial charge in [0, 0.05) is 18.2 Å². The number of nitrogens with two attached hydrogens (primary N) is 2. The summed E-state index contributed by atoms with van der Waals surface area (Å²) in [5.41, 5.74) is 29.1. The summed E-state index contributed by atoms with van der Waals surface area (Å²) < 4.78 is 0. The zero-order chi connectivity index (χ0) is 63.4. The van der Waals surface area contributed by atoms with Crippen LogP contribution in [0.1, 0.15) is 145 Å². The maximum absolute atomic E-state index is 6.63. The zero-order valence-corrected chi connectivity index (χ0v) is 54.6. The smallest absolute Gasteiger partial charge is 0.0356 e. The van der Waals surface area contributed by atoms with Crippen molar-refractivity contribution in [1.29, 1.82) is 0 Å². The first kappa shape index (κ1) is 72.4. The van der Waals surface area contributed by atoms with Crippen molar-refractivity contribution in [3.8, 4) is 22.3 Å². The second-order valence-electron chi connectivity index (χ2n) is 19.6. The molecule has 10 rings (SSSR count). The molecule has 5 N–H and O–H groups in total. The van der Waals surface area contributed by atoms with Crippen LogP contribution < -0.4 is 17.0 Å². The normalized spacial score (nSPS) is 11.7. The van der Waals surface area contributed by atoms with Gasteiger partial charge in [-0.1, -0.05) is 353 Å². The van der Waals surface area contributed by atoms with Crippen LogP contribution in [0.4, 0.5) is 0 Å². The second-order valence-corrected chi connectivity index (χ2v) is 19.6. The van der Waals surface area contributed by atoms with Crippen LogP contribution in [0.5, 0.6) is 0 Å². The molecule has 1 aliphatic carbocycles. The lowest BCUT2D eigenvalue weighted by molar-refractivity contribution is 0.741. The molecule has 0 saturated carbocycles. The van der Waals surface area contributed by atoms with E-state index in [4.69, 9.17) is 11.6 Å². The van der Waals surface area contributed by atoms with Crippen LogP contribution >= 0.6 is 0 Å². The van der Waals surface area contributed by atoms with Gasteiger partial charge in [-0.2, -0.15) is 0 Å². The maximum atomic E-state index is 6.63. The van der Waals surface area contributed by atoms with Crippen molar-refractivity contribution < 1.29 is 0 Å². The molecule has 0 aromatic heterocycles. The standard InChI is InChI=1S/C48H39N.C14H16.C7H10N2.C7H12.4C2H6/c1-33-18-20-34(21-19-33)39-26-28-43-41(30-39)14-8-16-45(43)46-17-9-15-42-31-40(27-29-44(42)46)35-22-24-37(25-23-35)47(36-10-4-2-5-11-36)32-48(49)38-12-6-3-7-13-38;1-3-8-13(2)9-7-12-14-10-5-4-6-11-14;8-9-6-7-4-2-1-3-5-7;1-3-5-7-6-4-2;4*1-2/h2-26,28,30-32,47H,27,29,49H2,1H3;3-11H,1,12H2,2H3;1-5,9H,6,8H2;3,5-7H,4H2,1-2H3;4*1-2H3/b48-32-;9-7-,13-8-;;5-3-,7-6-;;;;. The Kier molecular flexibility index (Phi) is 36.4. The van der Waals surface area contributed by atoms with Crippen LogP contribution in [-0.2, 0) is 19.4 Å². The van der Waals surface area contributed by atoms with E-state index in [0.717, 1.165) is 43.5 Å². The molecule has 9 aromatic rings. The molecule has 1 aliphatic rings. The molecule has 87 heavy (non-hydrogen) atoms. The van der Waals surface area contributed by atoms with Crippen LogP contribution in [0.15, 0.2) is 291 Å². The van der Waals surface area contributed by atoms with E-state index in [9.17, 15) is 0 Å². The van der Waals surface area contributed by atoms with Gasteiger partial charge in [-0.15, -0.1) is 0 Å². The summed E-state index contributed by atoms with van der Waals surface area (Å²) >= 11 is 0. The second kappa shape index (κ2) is 43.7. The van der Waals surface area contributed by atoms with E-state index in [1.165, 1.54) is 88.7 Å². The van der Waals surface area contributed by atoms with E-state index in [-0.39, 0.29) is 5.92 Å². The quantitative estimate of drug-likeness (QED) is 0.0544. The lowest BCUT2D eigenvalue weighted by Gasteiger charge is -2.22. The number of nitrogens with one attached hydrogen (secondary N) is 1. The van der Waals surface area contributed by atoms with E-state index >= 15 is 0 Å². The Labute approximate surface area is 527 Å². The van der Waals surface area contributed by atoms with Gasteiger partial charge >= 0.3 is 0 Å². The predicted octanol–water partition coefficient (Wildman–Crippen LogP) is 23.3. The first-order chi connectivity index (χ1) is 42.8. The third kappa shape index (κ3) is 24.6. The van der Waals surface area contributed by atoms with Gasteiger partial charge in [-0.25, -0.2) is 0 Å². The van der Waals surface area contributed by atoms with E-state index in [1.807, 2.05) is 141 Å². The third-order valence-electron chi connectivity index (χ3n) is 13.8. The van der Waals surface area contributed by atoms with Gasteiger partial charge in [-0.3, -0.25) is 11.3 Å². The largest absolute Gasteiger partial charge is 0.398 e. The van der Waals surface area contributed by atoms with Crippen molar-refractivity contribution in [3.05, 3.63) is 341 Å². The molecule has 0 aliphatic heterocycles. The number of hydrogen-bond donors (Lipinski definition) is 3. The SMILES string of the molecule is C/C=C\C=C/CC.C=C/C=C(C)\C=C/Cc1ccccc1.CC.CC.CC.CC.Cc1ccc(-c2ccc3c(-c4cccc5c4CCC(c4ccc(C(/C=C(\N)c6ccccc6)c6ccccc6)cc4)=C5)cccc3c2)cc1.NNCc1ccccc1. The molecule has 0 spiro atoms. The number of rotatable bonds is 15. The Balaban J connectivity index is 0.000000423. The van der Waals surface area contributed by atoms with Crippen LogP contribution in [0.2, 0.25) is 0 Å². The van der Waals surface area contributed by atoms with Gasteiger partial charge in [0.05, 0.1) is 0 Å². The van der Waals surface area contributed by atoms with Crippen molar-refractivity contribution in [3.63, 3.8) is 0 Å². The summed E-state index contributed by atoms with van der Waals surface area (Å²) in [6.07, 6.45) is 25.1. The summed E-state index contributed by atoms with van der Waals surface area (Å²) in [5, 5.41) is 2.57. The number of hydrogen-bond acceptors (Lipinski definition) is 3. The summed E-state index contributed by atoms with van der Waals surface area (Å²) in [6, 6.07) is 79.6. The van der Waals surface area contributed by atoms with E-state index < -0.39 is 0 Å². The molecule has 0 amide bonds. The van der Waals surface area contributed by atoms with Gasteiger partial charge in [0.1, 0.15) is 0 Å². The summed E-state index contributed by atoms with van der Waals surface area (Å²) in [7, 11) is 0. The Morgan fingerprint density at radius 2 is 1.11 bits per heavy atom. The van der Waals surface area contributed by atoms with Crippen LogP contribution in [0.3, 0.4) is 0 Å². The lowest BCUT2D eigenvalue weighted by atomic mass is 9.83. The average molecular weight is 1150 g/mol. The minimum atomic E-state index is 0.0627.